The van der Waals surface area contributed by atoms with Gasteiger partial charge in [0.05, 0.1) is 17.2 Å². The molecule has 3 aromatic carbocycles. The van der Waals surface area contributed by atoms with E-state index in [-0.39, 0.29) is 47.9 Å². The van der Waals surface area contributed by atoms with Crippen molar-refractivity contribution in [1.82, 2.24) is 10.2 Å². The summed E-state index contributed by atoms with van der Waals surface area (Å²) in [7, 11) is -4.31. The van der Waals surface area contributed by atoms with Gasteiger partial charge in [0.25, 0.3) is 10.0 Å². The Bertz CT molecular complexity index is 1480. The molecule has 1 atom stereocenters. The van der Waals surface area contributed by atoms with Crippen LogP contribution in [-0.4, -0.2) is 50.4 Å². The van der Waals surface area contributed by atoms with Crippen molar-refractivity contribution < 1.29 is 22.7 Å². The van der Waals surface area contributed by atoms with Gasteiger partial charge in [-0.2, -0.15) is 0 Å². The van der Waals surface area contributed by atoms with E-state index in [1.165, 1.54) is 29.2 Å². The van der Waals surface area contributed by atoms with Gasteiger partial charge in [-0.3, -0.25) is 13.9 Å². The average molecular weight is 655 g/mol. The smallest absolute Gasteiger partial charge is 0.264 e. The highest BCUT2D eigenvalue weighted by Gasteiger charge is 2.35. The number of halogens is 3. The zero-order valence-electron chi connectivity index (χ0n) is 23.8. The Kier molecular flexibility index (Phi) is 11.9. The SMILES string of the molecule is CCOc1ccccc1N(CC(=O)N(Cc1c(Cl)cccc1Cl)[C@H](CC)C(=O)NC(C)C)S(=O)(=O)c1ccc(Cl)cc1. The molecule has 42 heavy (non-hydrogen) atoms. The Morgan fingerprint density at radius 3 is 2.10 bits per heavy atom. The number of benzene rings is 3. The molecule has 0 saturated carbocycles. The molecule has 0 saturated heterocycles. The summed E-state index contributed by atoms with van der Waals surface area (Å²) in [5.74, 6) is -0.748. The van der Waals surface area contributed by atoms with Crippen molar-refractivity contribution in [3.63, 3.8) is 0 Å². The van der Waals surface area contributed by atoms with Crippen molar-refractivity contribution in [1.29, 1.82) is 0 Å². The summed E-state index contributed by atoms with van der Waals surface area (Å²) in [6.45, 7) is 6.68. The van der Waals surface area contributed by atoms with E-state index < -0.39 is 28.5 Å². The van der Waals surface area contributed by atoms with Gasteiger partial charge < -0.3 is 15.0 Å². The average Bonchev–Trinajstić information content (AvgIpc) is 2.93. The molecule has 3 aromatic rings. The van der Waals surface area contributed by atoms with Gasteiger partial charge in [-0.15, -0.1) is 0 Å². The molecule has 12 heteroatoms. The second kappa shape index (κ2) is 15.0. The van der Waals surface area contributed by atoms with Gasteiger partial charge in [0.1, 0.15) is 18.3 Å². The summed E-state index contributed by atoms with van der Waals surface area (Å²) in [5.41, 5.74) is 0.602. The van der Waals surface area contributed by atoms with Gasteiger partial charge in [-0.05, 0) is 75.7 Å². The summed E-state index contributed by atoms with van der Waals surface area (Å²) in [4.78, 5) is 28.8. The van der Waals surface area contributed by atoms with Gasteiger partial charge in [-0.25, -0.2) is 8.42 Å². The van der Waals surface area contributed by atoms with Crippen LogP contribution in [0.3, 0.4) is 0 Å². The summed E-state index contributed by atoms with van der Waals surface area (Å²) in [6, 6.07) is 16.0. The van der Waals surface area contributed by atoms with Crippen LogP contribution in [0, 0.1) is 0 Å². The molecule has 0 aliphatic heterocycles. The Hall–Kier alpha value is -2.98. The molecule has 0 aromatic heterocycles. The highest BCUT2D eigenvalue weighted by atomic mass is 35.5. The Labute approximate surface area is 262 Å². The fourth-order valence-corrected chi connectivity index (χ4v) is 6.41. The van der Waals surface area contributed by atoms with Crippen LogP contribution in [0.5, 0.6) is 5.75 Å². The fourth-order valence-electron chi connectivity index (χ4n) is 4.34. The second-order valence-corrected chi connectivity index (χ2v) is 12.8. The molecule has 3 rings (SSSR count). The Morgan fingerprint density at radius 1 is 0.905 bits per heavy atom. The Morgan fingerprint density at radius 2 is 1.52 bits per heavy atom. The number of anilines is 1. The van der Waals surface area contributed by atoms with Crippen LogP contribution in [0.4, 0.5) is 5.69 Å². The first-order valence-corrected chi connectivity index (χ1v) is 16.0. The normalized spacial score (nSPS) is 12.1. The maximum atomic E-state index is 14.2. The molecule has 8 nitrogen and oxygen atoms in total. The zero-order valence-corrected chi connectivity index (χ0v) is 26.9. The van der Waals surface area contributed by atoms with Gasteiger partial charge in [-0.1, -0.05) is 59.9 Å². The topological polar surface area (TPSA) is 96.0 Å². The van der Waals surface area contributed by atoms with Crippen molar-refractivity contribution in [2.24, 2.45) is 0 Å². The van der Waals surface area contributed by atoms with Crippen molar-refractivity contribution >= 4 is 62.3 Å². The minimum absolute atomic E-state index is 0.0729. The van der Waals surface area contributed by atoms with Gasteiger partial charge >= 0.3 is 0 Å². The van der Waals surface area contributed by atoms with E-state index in [2.05, 4.69) is 5.32 Å². The van der Waals surface area contributed by atoms with Gasteiger partial charge in [0.15, 0.2) is 0 Å². The van der Waals surface area contributed by atoms with Gasteiger partial charge in [0, 0.05) is 33.2 Å². The largest absolute Gasteiger partial charge is 0.492 e. The predicted octanol–water partition coefficient (Wildman–Crippen LogP) is 6.57. The van der Waals surface area contributed by atoms with Crippen LogP contribution < -0.4 is 14.4 Å². The van der Waals surface area contributed by atoms with Crippen molar-refractivity contribution in [2.75, 3.05) is 17.5 Å². The summed E-state index contributed by atoms with van der Waals surface area (Å²) in [6.07, 6.45) is 0.256. The van der Waals surface area contributed by atoms with Crippen LogP contribution in [0.1, 0.15) is 39.7 Å². The van der Waals surface area contributed by atoms with E-state index in [1.807, 2.05) is 13.8 Å². The number of rotatable bonds is 13. The molecule has 226 valence electrons. The van der Waals surface area contributed by atoms with E-state index in [9.17, 15) is 18.0 Å². The van der Waals surface area contributed by atoms with Crippen LogP contribution in [0.15, 0.2) is 71.6 Å². The molecule has 2 amide bonds. The second-order valence-electron chi connectivity index (χ2n) is 9.68. The molecule has 0 spiro atoms. The highest BCUT2D eigenvalue weighted by molar-refractivity contribution is 7.92. The molecule has 0 aliphatic carbocycles. The van der Waals surface area contributed by atoms with Gasteiger partial charge in [0.2, 0.25) is 11.8 Å². The van der Waals surface area contributed by atoms with E-state index in [0.717, 1.165) is 4.31 Å². The lowest BCUT2D eigenvalue weighted by molar-refractivity contribution is -0.140. The van der Waals surface area contributed by atoms with Crippen molar-refractivity contribution in [3.05, 3.63) is 87.4 Å². The molecular formula is C30H34Cl3N3O5S. The number of sulfonamides is 1. The predicted molar refractivity (Wildman–Crippen MR) is 168 cm³/mol. The number of carbonyl (C=O) groups excluding carboxylic acids is 2. The number of carbonyl (C=O) groups is 2. The maximum Gasteiger partial charge on any atom is 0.264 e. The van der Waals surface area contributed by atoms with E-state index >= 15 is 0 Å². The molecule has 0 aliphatic rings. The molecule has 0 unspecified atom stereocenters. The number of ether oxygens (including phenoxy) is 1. The quantitative estimate of drug-likeness (QED) is 0.225. The first kappa shape index (κ1) is 33.5. The molecular weight excluding hydrogens is 621 g/mol. The Balaban J connectivity index is 2.15. The lowest BCUT2D eigenvalue weighted by Gasteiger charge is -2.34. The summed E-state index contributed by atoms with van der Waals surface area (Å²) < 4.78 is 34.9. The summed E-state index contributed by atoms with van der Waals surface area (Å²) >= 11 is 18.9. The van der Waals surface area contributed by atoms with Crippen LogP contribution in [0.2, 0.25) is 15.1 Å². The zero-order chi connectivity index (χ0) is 31.0. The first-order valence-electron chi connectivity index (χ1n) is 13.4. The number of hydrogen-bond acceptors (Lipinski definition) is 5. The van der Waals surface area contributed by atoms with Crippen LogP contribution >= 0.6 is 34.8 Å². The number of nitrogens with zero attached hydrogens (tertiary/aromatic N) is 2. The third-order valence-corrected chi connectivity index (χ3v) is 9.06. The monoisotopic (exact) mass is 653 g/mol. The maximum absolute atomic E-state index is 14.2. The standard InChI is InChI=1S/C30H34Cl3N3O5S/c1-5-26(30(38)34-20(3)4)35(18-23-24(32)10-9-11-25(23)33)29(37)19-36(27-12-7-8-13-28(27)41-6-2)42(39,40)22-16-14-21(31)15-17-22/h7-17,20,26H,5-6,18-19H2,1-4H3,(H,34,38)/t26-/m1/s1. The number of nitrogens with one attached hydrogen (secondary N) is 1. The van der Waals surface area contributed by atoms with Crippen LogP contribution in [-0.2, 0) is 26.2 Å². The number of hydrogen-bond donors (Lipinski definition) is 1. The molecule has 0 fully saturated rings. The van der Waals surface area contributed by atoms with E-state index in [1.54, 1.807) is 56.3 Å². The van der Waals surface area contributed by atoms with E-state index in [0.29, 0.717) is 20.6 Å². The minimum Gasteiger partial charge on any atom is -0.492 e. The molecule has 0 heterocycles. The molecule has 0 bridgehead atoms. The molecule has 1 N–H and O–H groups in total. The van der Waals surface area contributed by atoms with Crippen molar-refractivity contribution in [3.8, 4) is 5.75 Å². The first-order chi connectivity index (χ1) is 19.9. The highest BCUT2D eigenvalue weighted by Crippen LogP contribution is 2.34. The van der Waals surface area contributed by atoms with Crippen LogP contribution in [0.25, 0.3) is 0 Å². The lowest BCUT2D eigenvalue weighted by atomic mass is 10.1. The molecule has 0 radical (unpaired) electrons. The summed E-state index contributed by atoms with van der Waals surface area (Å²) in [5, 5.41) is 3.83. The number of amides is 2. The third kappa shape index (κ3) is 8.10. The lowest BCUT2D eigenvalue weighted by Crippen LogP contribution is -2.53. The minimum atomic E-state index is -4.31. The fraction of sp³-hybridized carbons (Fsp3) is 0.333. The van der Waals surface area contributed by atoms with Crippen molar-refractivity contribution in [2.45, 2.75) is 57.6 Å². The number of para-hydroxylation sites is 2. The van der Waals surface area contributed by atoms with E-state index in [4.69, 9.17) is 39.5 Å². The third-order valence-electron chi connectivity index (χ3n) is 6.32.